The topological polar surface area (TPSA) is 97.4 Å². The normalized spacial score (nSPS) is 8.00. The third kappa shape index (κ3) is 5.51. The molecule has 0 saturated heterocycles. The van der Waals surface area contributed by atoms with Gasteiger partial charge in [-0.05, 0) is 10.6 Å². The molecule has 0 radical (unpaired) electrons. The van der Waals surface area contributed by atoms with E-state index in [0.717, 1.165) is 6.07 Å². The molecule has 0 atom stereocenters. The minimum Gasteiger partial charge on any atom is -0.545 e. The largest absolute Gasteiger partial charge is 1.00 e. The molecule has 1 rings (SSSR count). The molecule has 0 saturated carbocycles. The molecule has 1 aromatic rings. The first kappa shape index (κ1) is 16.5. The van der Waals surface area contributed by atoms with Crippen LogP contribution in [0.2, 0.25) is 0 Å². The number of benzene rings is 1. The Morgan fingerprint density at radius 2 is 1.93 bits per heavy atom. The first-order valence-corrected chi connectivity index (χ1v) is 3.27. The van der Waals surface area contributed by atoms with E-state index in [9.17, 15) is 20.0 Å². The van der Waals surface area contributed by atoms with E-state index in [0.29, 0.717) is 0 Å². The molecule has 1 aromatic carbocycles. The first-order valence-electron chi connectivity index (χ1n) is 3.27. The van der Waals surface area contributed by atoms with Crippen LogP contribution in [0.4, 0.5) is 5.69 Å². The van der Waals surface area contributed by atoms with Gasteiger partial charge in [-0.2, -0.15) is 0 Å². The molecule has 0 aliphatic rings. The summed E-state index contributed by atoms with van der Waals surface area (Å²) >= 11 is 0. The van der Waals surface area contributed by atoms with E-state index in [4.69, 9.17) is 0 Å². The molecule has 68 valence electrons. The van der Waals surface area contributed by atoms with Crippen molar-refractivity contribution in [2.75, 3.05) is 0 Å². The van der Waals surface area contributed by atoms with E-state index in [1.165, 1.54) is 18.2 Å². The second-order valence-corrected chi connectivity index (χ2v) is 2.18. The third-order valence-electron chi connectivity index (χ3n) is 1.28. The molecule has 0 amide bonds. The zero-order chi connectivity index (χ0) is 9.84. The quantitative estimate of drug-likeness (QED) is 0.272. The van der Waals surface area contributed by atoms with Gasteiger partial charge < -0.3 is 15.3 Å². The van der Waals surface area contributed by atoms with Gasteiger partial charge in [-0.1, -0.05) is 30.0 Å². The summed E-state index contributed by atoms with van der Waals surface area (Å²) in [5, 5.41) is 19.3. The molecule has 0 spiro atoms. The van der Waals surface area contributed by atoms with Crippen LogP contribution in [0, 0.1) is 10.1 Å². The molecule has 0 fully saturated rings. The van der Waals surface area contributed by atoms with Gasteiger partial charge in [-0.25, -0.2) is 0 Å². The predicted molar refractivity (Wildman–Crippen MR) is 40.8 cm³/mol. The average molecular weight is 194 g/mol. The number of carboxylic acids is 1. The van der Waals surface area contributed by atoms with E-state index in [-0.39, 0.29) is 49.0 Å². The Morgan fingerprint density at radius 3 is 2.40 bits per heavy atom. The molecule has 15 heavy (non-hydrogen) atoms. The van der Waals surface area contributed by atoms with Gasteiger partial charge in [-0.3, -0.25) is 10.1 Å². The van der Waals surface area contributed by atoms with Crippen LogP contribution in [0.5, 0.6) is 0 Å². The van der Waals surface area contributed by atoms with Gasteiger partial charge in [0.1, 0.15) is 0 Å². The maximum absolute atomic E-state index is 10.3. The van der Waals surface area contributed by atoms with Crippen LogP contribution in [0.3, 0.4) is 0 Å². The summed E-state index contributed by atoms with van der Waals surface area (Å²) < 4.78 is 0. The molecule has 0 aliphatic heterocycles. The SMILES string of the molecule is O=C([O-])c1cccc([N-][N+](=O)[O-])c1.[Li+].[Li+]. The predicted octanol–water partition coefficient (Wildman–Crippen LogP) is -5.74. The Balaban J connectivity index is 0. The zero-order valence-electron chi connectivity index (χ0n) is 8.34. The Kier molecular flexibility index (Phi) is 8.13. The number of carboxylic acid groups (broad SMARTS) is 1. The van der Waals surface area contributed by atoms with Crippen molar-refractivity contribution < 1.29 is 52.7 Å². The molecular formula is C7H4Li2N2O4. The Morgan fingerprint density at radius 1 is 1.33 bits per heavy atom. The van der Waals surface area contributed by atoms with Crippen LogP contribution in [-0.2, 0) is 0 Å². The Labute approximate surface area is 110 Å². The van der Waals surface area contributed by atoms with Gasteiger partial charge in [0.05, 0.1) is 5.97 Å². The molecule has 8 heteroatoms. The number of nitro groups is 1. The van der Waals surface area contributed by atoms with Crippen LogP contribution >= 0.6 is 0 Å². The number of aromatic carboxylic acids is 1. The number of hydrogen-bond donors (Lipinski definition) is 0. The molecule has 0 bridgehead atoms. The average Bonchev–Trinajstić information content (AvgIpc) is 2.03. The van der Waals surface area contributed by atoms with Crippen molar-refractivity contribution >= 4 is 11.7 Å². The molecule has 0 N–H and O–H groups in total. The van der Waals surface area contributed by atoms with Gasteiger partial charge in [0.2, 0.25) is 0 Å². The van der Waals surface area contributed by atoms with Crippen molar-refractivity contribution in [1.82, 2.24) is 0 Å². The van der Waals surface area contributed by atoms with Crippen LogP contribution in [0.25, 0.3) is 5.43 Å². The minimum atomic E-state index is -1.39. The first-order chi connectivity index (χ1) is 6.09. The third-order valence-corrected chi connectivity index (χ3v) is 1.28. The van der Waals surface area contributed by atoms with Crippen molar-refractivity contribution in [3.63, 3.8) is 0 Å². The summed E-state index contributed by atoms with van der Waals surface area (Å²) in [6.07, 6.45) is 0. The minimum absolute atomic E-state index is 0. The second-order valence-electron chi connectivity index (χ2n) is 2.18. The molecule has 0 aromatic heterocycles. The van der Waals surface area contributed by atoms with Crippen LogP contribution in [0.1, 0.15) is 10.4 Å². The number of rotatable bonds is 3. The summed E-state index contributed by atoms with van der Waals surface area (Å²) in [6.45, 7) is 0. The summed E-state index contributed by atoms with van der Waals surface area (Å²) in [7, 11) is 0. The van der Waals surface area contributed by atoms with Gasteiger partial charge in [-0.15, -0.1) is 0 Å². The summed E-state index contributed by atoms with van der Waals surface area (Å²) in [5.41, 5.74) is 2.78. The number of hydrogen-bond acceptors (Lipinski definition) is 4. The van der Waals surface area contributed by atoms with Gasteiger partial charge in [0, 0.05) is 0 Å². The van der Waals surface area contributed by atoms with Crippen molar-refractivity contribution in [3.05, 3.63) is 45.4 Å². The summed E-state index contributed by atoms with van der Waals surface area (Å²) in [6, 6.07) is 5.02. The van der Waals surface area contributed by atoms with E-state index >= 15 is 0 Å². The van der Waals surface area contributed by atoms with Gasteiger partial charge >= 0.3 is 37.7 Å². The maximum atomic E-state index is 10.3. The van der Waals surface area contributed by atoms with Crippen molar-refractivity contribution in [2.24, 2.45) is 0 Å². The van der Waals surface area contributed by atoms with Crippen LogP contribution < -0.4 is 42.8 Å². The fraction of sp³-hybridized carbons (Fsp3) is 0. The van der Waals surface area contributed by atoms with Gasteiger partial charge in [0.25, 0.3) is 0 Å². The smallest absolute Gasteiger partial charge is 0.545 e. The van der Waals surface area contributed by atoms with Crippen LogP contribution in [0.15, 0.2) is 24.3 Å². The van der Waals surface area contributed by atoms with E-state index in [2.05, 4.69) is 5.43 Å². The number of nitrogens with zero attached hydrogens (tertiary/aromatic N) is 2. The Hall–Kier alpha value is -0.915. The summed E-state index contributed by atoms with van der Waals surface area (Å²) in [5.74, 6) is -1.39. The van der Waals surface area contributed by atoms with E-state index in [1.54, 1.807) is 0 Å². The molecule has 0 unspecified atom stereocenters. The summed E-state index contributed by atoms with van der Waals surface area (Å²) in [4.78, 5) is 20.2. The number of carbonyl (C=O) groups excluding carboxylic acids is 1. The monoisotopic (exact) mass is 194 g/mol. The zero-order valence-corrected chi connectivity index (χ0v) is 8.34. The van der Waals surface area contributed by atoms with Crippen LogP contribution in [-0.4, -0.2) is 11.0 Å². The molecule has 0 aliphatic carbocycles. The van der Waals surface area contributed by atoms with Gasteiger partial charge in [0.15, 0.2) is 0 Å². The number of carbonyl (C=O) groups is 1. The standard InChI is InChI=1S/C7H5N2O4.2Li/c10-7(11)5-2-1-3-6(4-5)8-9(12)13;;/h1-4H,(H,10,11);;/q-1;2*+1/p-1. The second kappa shape index (κ2) is 7.39. The fourth-order valence-electron chi connectivity index (χ4n) is 0.789. The molecule has 6 nitrogen and oxygen atoms in total. The maximum Gasteiger partial charge on any atom is 1.00 e. The van der Waals surface area contributed by atoms with E-state index < -0.39 is 11.0 Å². The fourth-order valence-corrected chi connectivity index (χ4v) is 0.789. The van der Waals surface area contributed by atoms with Crippen molar-refractivity contribution in [1.29, 1.82) is 0 Å². The van der Waals surface area contributed by atoms with Crippen molar-refractivity contribution in [2.45, 2.75) is 0 Å². The molecule has 0 heterocycles. The Bertz CT molecular complexity index is 359. The molecular weight excluding hydrogens is 190 g/mol. The van der Waals surface area contributed by atoms with Crippen molar-refractivity contribution in [3.8, 4) is 0 Å². The van der Waals surface area contributed by atoms with E-state index in [1.807, 2.05) is 0 Å².